The molecule has 0 saturated carbocycles. The van der Waals surface area contributed by atoms with Crippen molar-refractivity contribution in [3.63, 3.8) is 0 Å². The third kappa shape index (κ3) is 1.52. The van der Waals surface area contributed by atoms with Crippen molar-refractivity contribution in [2.24, 2.45) is 0 Å². The van der Waals surface area contributed by atoms with Gasteiger partial charge in [0.05, 0.1) is 0 Å². The van der Waals surface area contributed by atoms with Gasteiger partial charge in [0.25, 0.3) is 10.9 Å². The number of nitrogen functional groups attached to an aromatic ring is 1. The van der Waals surface area contributed by atoms with Crippen molar-refractivity contribution in [3.05, 3.63) is 49.8 Å². The Morgan fingerprint density at radius 2 is 2.05 bits per heavy atom. The zero-order valence-corrected chi connectivity index (χ0v) is 11.1. The SMILES string of the molecule is CCc1ccc2c(c1)N(c1c(N)c(=O)c1=O)CC2C. The number of aryl methyl sites for hydroxylation is 1. The number of rotatable bonds is 2. The Morgan fingerprint density at radius 3 is 2.68 bits per heavy atom. The van der Waals surface area contributed by atoms with Gasteiger partial charge in [-0.2, -0.15) is 0 Å². The highest BCUT2D eigenvalue weighted by Crippen LogP contribution is 2.41. The second kappa shape index (κ2) is 3.95. The van der Waals surface area contributed by atoms with Crippen LogP contribution in [0.5, 0.6) is 0 Å². The van der Waals surface area contributed by atoms with Crippen LogP contribution in [0, 0.1) is 0 Å². The molecule has 1 aliphatic heterocycles. The van der Waals surface area contributed by atoms with Crippen molar-refractivity contribution < 1.29 is 0 Å². The summed E-state index contributed by atoms with van der Waals surface area (Å²) in [4.78, 5) is 24.9. The van der Waals surface area contributed by atoms with Crippen molar-refractivity contribution >= 4 is 17.1 Å². The van der Waals surface area contributed by atoms with Gasteiger partial charge in [0, 0.05) is 18.2 Å². The molecule has 0 aliphatic carbocycles. The van der Waals surface area contributed by atoms with Gasteiger partial charge >= 0.3 is 0 Å². The number of hydrogen-bond donors (Lipinski definition) is 1. The Hall–Kier alpha value is -2.10. The van der Waals surface area contributed by atoms with Crippen LogP contribution in [0.2, 0.25) is 0 Å². The van der Waals surface area contributed by atoms with Gasteiger partial charge in [-0.05, 0) is 23.6 Å². The van der Waals surface area contributed by atoms with Gasteiger partial charge in [0.2, 0.25) is 0 Å². The number of fused-ring (bicyclic) bond motifs is 1. The van der Waals surface area contributed by atoms with Crippen molar-refractivity contribution in [2.45, 2.75) is 26.2 Å². The zero-order valence-electron chi connectivity index (χ0n) is 11.1. The fourth-order valence-corrected chi connectivity index (χ4v) is 2.81. The molecule has 98 valence electrons. The summed E-state index contributed by atoms with van der Waals surface area (Å²) >= 11 is 0. The molecule has 0 bridgehead atoms. The molecule has 19 heavy (non-hydrogen) atoms. The Bertz CT molecular complexity index is 726. The van der Waals surface area contributed by atoms with Gasteiger partial charge in [0.1, 0.15) is 11.4 Å². The van der Waals surface area contributed by atoms with Crippen LogP contribution in [0.1, 0.15) is 30.9 Å². The molecule has 0 spiro atoms. The fourth-order valence-electron chi connectivity index (χ4n) is 2.81. The minimum Gasteiger partial charge on any atom is -0.394 e. The normalized spacial score (nSPS) is 18.0. The van der Waals surface area contributed by atoms with E-state index in [0.29, 0.717) is 18.2 Å². The highest BCUT2D eigenvalue weighted by Gasteiger charge is 2.32. The van der Waals surface area contributed by atoms with Crippen LogP contribution in [0.15, 0.2) is 27.8 Å². The number of benzene rings is 1. The van der Waals surface area contributed by atoms with E-state index in [1.165, 1.54) is 11.1 Å². The van der Waals surface area contributed by atoms with Crippen molar-refractivity contribution in [1.82, 2.24) is 0 Å². The van der Waals surface area contributed by atoms with E-state index in [2.05, 4.69) is 32.0 Å². The fraction of sp³-hybridized carbons (Fsp3) is 0.333. The highest BCUT2D eigenvalue weighted by atomic mass is 16.2. The van der Waals surface area contributed by atoms with E-state index in [0.717, 1.165) is 12.1 Å². The van der Waals surface area contributed by atoms with Crippen LogP contribution >= 0.6 is 0 Å². The maximum atomic E-state index is 11.7. The van der Waals surface area contributed by atoms with E-state index in [1.807, 2.05) is 4.90 Å². The van der Waals surface area contributed by atoms with Gasteiger partial charge in [-0.25, -0.2) is 0 Å². The summed E-state index contributed by atoms with van der Waals surface area (Å²) in [6.45, 7) is 4.92. The first-order chi connectivity index (χ1) is 9.04. The average Bonchev–Trinajstić information content (AvgIpc) is 2.75. The molecule has 2 aromatic rings. The molecule has 2 N–H and O–H groups in total. The molecule has 1 heterocycles. The molecule has 0 radical (unpaired) electrons. The van der Waals surface area contributed by atoms with Crippen LogP contribution in [-0.2, 0) is 6.42 Å². The summed E-state index contributed by atoms with van der Waals surface area (Å²) in [5, 5.41) is 0. The quantitative estimate of drug-likeness (QED) is 0.830. The molecular formula is C15H16N2O2. The average molecular weight is 256 g/mol. The second-order valence-electron chi connectivity index (χ2n) is 5.18. The minimum atomic E-state index is -0.553. The predicted octanol–water partition coefficient (Wildman–Crippen LogP) is 1.68. The van der Waals surface area contributed by atoms with Crippen LogP contribution in [0.4, 0.5) is 17.1 Å². The molecular weight excluding hydrogens is 240 g/mol. The van der Waals surface area contributed by atoms with Crippen LogP contribution in [0.25, 0.3) is 0 Å². The summed E-state index contributed by atoms with van der Waals surface area (Å²) in [7, 11) is 0. The lowest BCUT2D eigenvalue weighted by atomic mass is 10.0. The first-order valence-corrected chi connectivity index (χ1v) is 6.53. The first-order valence-electron chi connectivity index (χ1n) is 6.53. The number of nitrogens with zero attached hydrogens (tertiary/aromatic N) is 1. The Morgan fingerprint density at radius 1 is 1.32 bits per heavy atom. The van der Waals surface area contributed by atoms with E-state index in [4.69, 9.17) is 5.73 Å². The monoisotopic (exact) mass is 256 g/mol. The van der Waals surface area contributed by atoms with Crippen molar-refractivity contribution in [2.75, 3.05) is 17.2 Å². The van der Waals surface area contributed by atoms with Gasteiger partial charge in [-0.3, -0.25) is 9.59 Å². The van der Waals surface area contributed by atoms with E-state index in [9.17, 15) is 9.59 Å². The third-order valence-corrected chi connectivity index (χ3v) is 3.97. The van der Waals surface area contributed by atoms with Crippen LogP contribution in [-0.4, -0.2) is 6.54 Å². The van der Waals surface area contributed by atoms with E-state index < -0.39 is 10.9 Å². The second-order valence-corrected chi connectivity index (χ2v) is 5.18. The smallest absolute Gasteiger partial charge is 0.253 e. The maximum absolute atomic E-state index is 11.7. The largest absolute Gasteiger partial charge is 0.394 e. The van der Waals surface area contributed by atoms with Gasteiger partial charge in [-0.15, -0.1) is 0 Å². The van der Waals surface area contributed by atoms with Crippen LogP contribution in [0.3, 0.4) is 0 Å². The molecule has 1 atom stereocenters. The van der Waals surface area contributed by atoms with E-state index >= 15 is 0 Å². The lowest BCUT2D eigenvalue weighted by Gasteiger charge is -2.22. The van der Waals surface area contributed by atoms with E-state index in [-0.39, 0.29) is 5.69 Å². The van der Waals surface area contributed by atoms with Crippen LogP contribution < -0.4 is 21.5 Å². The molecule has 0 fully saturated rings. The molecule has 0 aromatic heterocycles. The topological polar surface area (TPSA) is 63.4 Å². The van der Waals surface area contributed by atoms with Gasteiger partial charge in [-0.1, -0.05) is 26.0 Å². The summed E-state index contributed by atoms with van der Waals surface area (Å²) < 4.78 is 0. The molecule has 3 rings (SSSR count). The minimum absolute atomic E-state index is 0.104. The lowest BCUT2D eigenvalue weighted by Crippen LogP contribution is -2.40. The first kappa shape index (κ1) is 12.0. The molecule has 2 aromatic carbocycles. The predicted molar refractivity (Wildman–Crippen MR) is 77.0 cm³/mol. The Balaban J connectivity index is 2.14. The Labute approximate surface area is 111 Å². The number of nitrogens with two attached hydrogens (primary N) is 1. The molecule has 0 amide bonds. The van der Waals surface area contributed by atoms with E-state index in [1.54, 1.807) is 0 Å². The number of anilines is 3. The maximum Gasteiger partial charge on any atom is 0.253 e. The highest BCUT2D eigenvalue weighted by molar-refractivity contribution is 5.82. The standard InChI is InChI=1S/C15H16N2O2/c1-3-9-4-5-10-8(2)7-17(11(10)6-9)13-12(16)14(18)15(13)19/h4-6,8H,3,7,16H2,1-2H3. The summed E-state index contributed by atoms with van der Waals surface area (Å²) in [5.41, 5.74) is 8.60. The summed E-state index contributed by atoms with van der Waals surface area (Å²) in [6, 6.07) is 6.32. The lowest BCUT2D eigenvalue weighted by molar-refractivity contribution is 0.811. The molecule has 1 unspecified atom stereocenters. The molecule has 0 saturated heterocycles. The summed E-state index contributed by atoms with van der Waals surface area (Å²) in [5.74, 6) is 0.338. The van der Waals surface area contributed by atoms with Crippen molar-refractivity contribution in [1.29, 1.82) is 0 Å². The molecule has 4 nitrogen and oxygen atoms in total. The number of hydrogen-bond acceptors (Lipinski definition) is 4. The molecule has 1 aliphatic rings. The van der Waals surface area contributed by atoms with Gasteiger partial charge in [0.15, 0.2) is 0 Å². The summed E-state index contributed by atoms with van der Waals surface area (Å²) in [6.07, 6.45) is 0.941. The van der Waals surface area contributed by atoms with Crippen molar-refractivity contribution in [3.8, 4) is 0 Å². The Kier molecular flexibility index (Phi) is 2.49. The third-order valence-electron chi connectivity index (χ3n) is 3.97. The molecule has 4 heteroatoms. The van der Waals surface area contributed by atoms with Gasteiger partial charge < -0.3 is 10.6 Å². The zero-order chi connectivity index (χ0) is 13.7.